The van der Waals surface area contributed by atoms with Crippen LogP contribution in [0, 0.1) is 0 Å². The van der Waals surface area contributed by atoms with Gasteiger partial charge in [0.25, 0.3) is 0 Å². The Hall–Kier alpha value is -2.77. The number of para-hydroxylation sites is 1. The Bertz CT molecular complexity index is 1160. The summed E-state index contributed by atoms with van der Waals surface area (Å²) in [4.78, 5) is 37.4. The molecule has 0 spiro atoms. The Labute approximate surface area is 223 Å². The van der Waals surface area contributed by atoms with E-state index in [1.165, 1.54) is 10.8 Å². The maximum Gasteiger partial charge on any atom is 0.490 e. The molecule has 0 radical (unpaired) electrons. The molecule has 37 heavy (non-hydrogen) atoms. The van der Waals surface area contributed by atoms with Crippen LogP contribution in [0.3, 0.4) is 0 Å². The molecule has 0 aliphatic carbocycles. The maximum absolute atomic E-state index is 13.2. The van der Waals surface area contributed by atoms with Gasteiger partial charge in [0.15, 0.2) is 0 Å². The fraction of sp³-hybridized carbons (Fsp3) is 0.333. The highest BCUT2D eigenvalue weighted by atomic mass is 33.1. The number of carboxylic acids is 2. The first-order valence-electron chi connectivity index (χ1n) is 10.9. The second kappa shape index (κ2) is 14.2. The first kappa shape index (κ1) is 30.5. The lowest BCUT2D eigenvalue weighted by molar-refractivity contribution is -0.192. The first-order chi connectivity index (χ1) is 17.4. The van der Waals surface area contributed by atoms with E-state index >= 15 is 0 Å². The molecular weight excluding hydrogens is 549 g/mol. The lowest BCUT2D eigenvalue weighted by Gasteiger charge is -2.28. The number of amides is 1. The number of halogens is 3. The number of thiazole rings is 1. The predicted molar refractivity (Wildman–Crippen MR) is 141 cm³/mol. The van der Waals surface area contributed by atoms with Gasteiger partial charge in [0.2, 0.25) is 5.91 Å². The summed E-state index contributed by atoms with van der Waals surface area (Å²) in [6.07, 6.45) is -4.40. The van der Waals surface area contributed by atoms with Crippen LogP contribution in [0.1, 0.15) is 23.9 Å². The lowest BCUT2D eigenvalue weighted by Crippen LogP contribution is -2.44. The van der Waals surface area contributed by atoms with Crippen LogP contribution in [0.2, 0.25) is 0 Å². The molecule has 0 aliphatic heterocycles. The number of benzene rings is 2. The number of aromatic nitrogens is 1. The number of alkyl halides is 3. The number of nitrogens with one attached hydrogen (secondary N) is 1. The van der Waals surface area contributed by atoms with Crippen molar-refractivity contribution in [2.75, 3.05) is 18.1 Å². The zero-order valence-corrected chi connectivity index (χ0v) is 22.1. The molecule has 2 aromatic carbocycles. The van der Waals surface area contributed by atoms with E-state index in [0.717, 1.165) is 26.5 Å². The summed E-state index contributed by atoms with van der Waals surface area (Å²) in [6.45, 7) is 2.50. The van der Waals surface area contributed by atoms with Crippen molar-refractivity contribution in [3.63, 3.8) is 0 Å². The van der Waals surface area contributed by atoms with E-state index in [9.17, 15) is 22.8 Å². The van der Waals surface area contributed by atoms with Gasteiger partial charge in [0.1, 0.15) is 0 Å². The van der Waals surface area contributed by atoms with Crippen molar-refractivity contribution in [2.24, 2.45) is 0 Å². The van der Waals surface area contributed by atoms with Crippen molar-refractivity contribution in [1.82, 2.24) is 10.3 Å². The summed E-state index contributed by atoms with van der Waals surface area (Å²) >= 11 is 1.63. The predicted octanol–water partition coefficient (Wildman–Crippen LogP) is 5.40. The van der Waals surface area contributed by atoms with Gasteiger partial charge in [-0.25, -0.2) is 9.78 Å². The summed E-state index contributed by atoms with van der Waals surface area (Å²) in [6, 6.07) is 17.9. The lowest BCUT2D eigenvalue weighted by atomic mass is 9.78. The number of hydrogen-bond donors (Lipinski definition) is 3. The van der Waals surface area contributed by atoms with Crippen LogP contribution in [-0.2, 0) is 26.2 Å². The molecule has 1 unspecified atom stereocenters. The Morgan fingerprint density at radius 3 is 2.16 bits per heavy atom. The molecule has 1 atom stereocenters. The van der Waals surface area contributed by atoms with Gasteiger partial charge in [0, 0.05) is 24.5 Å². The van der Waals surface area contributed by atoms with Crippen LogP contribution >= 0.6 is 32.9 Å². The number of aliphatic carboxylic acids is 2. The highest BCUT2D eigenvalue weighted by Crippen LogP contribution is 2.32. The molecule has 1 amide bonds. The quantitative estimate of drug-likeness (QED) is 0.206. The molecule has 0 bridgehead atoms. The van der Waals surface area contributed by atoms with Gasteiger partial charge in [-0.2, -0.15) is 13.2 Å². The zero-order valence-electron chi connectivity index (χ0n) is 19.7. The average Bonchev–Trinajstić information content (AvgIpc) is 3.25. The third-order valence-electron chi connectivity index (χ3n) is 4.95. The number of carbonyl (C=O) groups is 3. The van der Waals surface area contributed by atoms with E-state index in [2.05, 4.69) is 11.4 Å². The molecule has 1 heterocycles. The van der Waals surface area contributed by atoms with Gasteiger partial charge in [-0.3, -0.25) is 9.59 Å². The summed E-state index contributed by atoms with van der Waals surface area (Å²) < 4.78 is 32.9. The normalized spacial score (nSPS) is 12.8. The largest absolute Gasteiger partial charge is 0.490 e. The number of fused-ring (bicyclic) bond motifs is 1. The van der Waals surface area contributed by atoms with Gasteiger partial charge < -0.3 is 15.5 Å². The fourth-order valence-electron chi connectivity index (χ4n) is 3.07. The van der Waals surface area contributed by atoms with Gasteiger partial charge in [-0.05, 0) is 24.6 Å². The number of hydrogen-bond acceptors (Lipinski definition) is 7. The number of rotatable bonds is 11. The van der Waals surface area contributed by atoms with Gasteiger partial charge in [-0.1, -0.05) is 64.1 Å². The third-order valence-corrected chi connectivity index (χ3v) is 8.40. The summed E-state index contributed by atoms with van der Waals surface area (Å²) in [5.41, 5.74) is 1.20. The Kier molecular flexibility index (Phi) is 11.7. The average molecular weight is 575 g/mol. The van der Waals surface area contributed by atoms with Crippen LogP contribution in [0.15, 0.2) is 54.6 Å². The van der Waals surface area contributed by atoms with Crippen LogP contribution in [0.4, 0.5) is 13.2 Å². The monoisotopic (exact) mass is 574 g/mol. The number of carboxylic acid groups (broad SMARTS) is 2. The summed E-state index contributed by atoms with van der Waals surface area (Å²) in [5, 5.41) is 19.8. The van der Waals surface area contributed by atoms with Crippen LogP contribution < -0.4 is 5.32 Å². The minimum absolute atomic E-state index is 0.0240. The highest BCUT2D eigenvalue weighted by molar-refractivity contribution is 8.76. The summed E-state index contributed by atoms with van der Waals surface area (Å²) in [5.74, 6) is -2.28. The molecular formula is C24H25F3N2O5S3. The molecule has 3 N–H and O–H groups in total. The molecule has 3 aromatic rings. The Balaban J connectivity index is 0.000000604. The SMILES string of the molecule is CC(Cc1nc2ccccc2s1)(C(=O)NCCSSCCC(=O)O)c1ccccc1.O=C(O)C(F)(F)F. The highest BCUT2D eigenvalue weighted by Gasteiger charge is 2.38. The van der Waals surface area contributed by atoms with Crippen molar-refractivity contribution in [1.29, 1.82) is 0 Å². The van der Waals surface area contributed by atoms with E-state index < -0.39 is 23.5 Å². The van der Waals surface area contributed by atoms with Crippen molar-refractivity contribution in [3.8, 4) is 0 Å². The van der Waals surface area contributed by atoms with Crippen LogP contribution in [0.25, 0.3) is 10.2 Å². The minimum atomic E-state index is -5.08. The van der Waals surface area contributed by atoms with Crippen molar-refractivity contribution < 1.29 is 37.8 Å². The van der Waals surface area contributed by atoms with E-state index in [0.29, 0.717) is 18.7 Å². The standard InChI is InChI=1S/C22H24N2O3S3.C2HF3O2/c1-22(16-7-3-2-4-8-16,15-19-24-17-9-5-6-10-18(17)30-19)21(27)23-12-14-29-28-13-11-20(25)26;3-2(4,5)1(6)7/h2-10H,11-15H2,1H3,(H,23,27)(H,25,26);(H,6,7). The van der Waals surface area contributed by atoms with Crippen LogP contribution in [-0.4, -0.2) is 57.3 Å². The van der Waals surface area contributed by atoms with Crippen LogP contribution in [0.5, 0.6) is 0 Å². The van der Waals surface area contributed by atoms with E-state index in [-0.39, 0.29) is 12.3 Å². The molecule has 0 saturated heterocycles. The molecule has 0 aliphatic rings. The Morgan fingerprint density at radius 2 is 1.57 bits per heavy atom. The van der Waals surface area contributed by atoms with Crippen molar-refractivity contribution >= 4 is 61.0 Å². The zero-order chi connectivity index (χ0) is 27.5. The molecule has 0 fully saturated rings. The van der Waals surface area contributed by atoms with E-state index in [1.807, 2.05) is 55.5 Å². The second-order valence-electron chi connectivity index (χ2n) is 7.80. The maximum atomic E-state index is 13.2. The topological polar surface area (TPSA) is 117 Å². The van der Waals surface area contributed by atoms with E-state index in [4.69, 9.17) is 20.0 Å². The fourth-order valence-corrected chi connectivity index (χ4v) is 6.08. The van der Waals surface area contributed by atoms with Gasteiger partial charge >= 0.3 is 18.1 Å². The second-order valence-corrected chi connectivity index (χ2v) is 11.6. The molecule has 7 nitrogen and oxygen atoms in total. The number of nitrogens with zero attached hydrogens (tertiary/aromatic N) is 1. The van der Waals surface area contributed by atoms with Crippen molar-refractivity contribution in [2.45, 2.75) is 31.4 Å². The van der Waals surface area contributed by atoms with Crippen molar-refractivity contribution in [3.05, 3.63) is 65.2 Å². The molecule has 0 saturated carbocycles. The van der Waals surface area contributed by atoms with Gasteiger partial charge in [0.05, 0.1) is 27.1 Å². The molecule has 1 aromatic heterocycles. The van der Waals surface area contributed by atoms with E-state index in [1.54, 1.807) is 22.1 Å². The van der Waals surface area contributed by atoms with Gasteiger partial charge in [-0.15, -0.1) is 11.3 Å². The summed E-state index contributed by atoms with van der Waals surface area (Å²) in [7, 11) is 3.10. The molecule has 13 heteroatoms. The smallest absolute Gasteiger partial charge is 0.481 e. The number of carbonyl (C=O) groups excluding carboxylic acids is 1. The first-order valence-corrected chi connectivity index (χ1v) is 14.2. The minimum Gasteiger partial charge on any atom is -0.481 e. The molecule has 3 rings (SSSR count). The molecule has 200 valence electrons. The Morgan fingerprint density at radius 1 is 0.973 bits per heavy atom. The third kappa shape index (κ3) is 9.90.